The Kier molecular flexibility index (Phi) is 7.77. The van der Waals surface area contributed by atoms with Crippen LogP contribution in [0.2, 0.25) is 0 Å². The molecule has 1 nitrogen and oxygen atoms in total. The van der Waals surface area contributed by atoms with Crippen LogP contribution in [0.1, 0.15) is 93.2 Å². The van der Waals surface area contributed by atoms with Gasteiger partial charge in [-0.3, -0.25) is 0 Å². The first-order chi connectivity index (χ1) is 31.7. The van der Waals surface area contributed by atoms with Crippen molar-refractivity contribution in [1.29, 1.82) is 0 Å². The molecule has 0 radical (unpaired) electrons. The lowest BCUT2D eigenvalue weighted by Crippen LogP contribution is -2.55. The first-order valence-corrected chi connectivity index (χ1v) is 24.4. The van der Waals surface area contributed by atoms with Crippen LogP contribution in [0, 0.1) is 23.7 Å². The predicted molar refractivity (Wildman–Crippen MR) is 270 cm³/mol. The summed E-state index contributed by atoms with van der Waals surface area (Å²) in [6.07, 6.45) is 7.02. The van der Waals surface area contributed by atoms with Crippen LogP contribution in [0.3, 0.4) is 0 Å². The lowest BCUT2D eigenvalue weighted by atomic mass is 9.43. The highest BCUT2D eigenvalue weighted by Crippen LogP contribution is 2.70. The van der Waals surface area contributed by atoms with Crippen LogP contribution in [0.4, 0.5) is 17.1 Å². The molecule has 0 unspecified atom stereocenters. The standard InChI is InChI=1S/C64H55N/c1-62(2)54-22-9-5-17-47(54)49-29-27-42(37-58(49)62)41-15-13-16-45(36-41)65(46-28-30-50-48-18-6-10-23-55(48)63(3,4)59(50)38-46)60-26-12-8-19-51(60)52-21-14-25-57-61(52)53-20-7-11-24-56(53)64(57)43-32-39-31-40(34-43)35-44(64)33-39/h5-30,36-40,43-44H,31-35H2,1-4H3. The van der Waals surface area contributed by atoms with E-state index in [1.54, 1.807) is 11.1 Å². The van der Waals surface area contributed by atoms with Gasteiger partial charge in [0, 0.05) is 33.2 Å². The van der Waals surface area contributed by atoms with Gasteiger partial charge in [-0.1, -0.05) is 167 Å². The van der Waals surface area contributed by atoms with E-state index in [1.165, 1.54) is 121 Å². The van der Waals surface area contributed by atoms with Crippen molar-refractivity contribution in [2.75, 3.05) is 4.90 Å². The molecule has 7 aliphatic carbocycles. The minimum Gasteiger partial charge on any atom is -0.310 e. The molecular formula is C64H55N. The van der Waals surface area contributed by atoms with Crippen LogP contribution in [0.5, 0.6) is 0 Å². The minimum absolute atomic E-state index is 0.0663. The van der Waals surface area contributed by atoms with Crippen molar-refractivity contribution in [2.45, 2.75) is 76.0 Å². The summed E-state index contributed by atoms with van der Waals surface area (Å²) in [4.78, 5) is 2.57. The van der Waals surface area contributed by atoms with Crippen LogP contribution >= 0.6 is 0 Å². The largest absolute Gasteiger partial charge is 0.310 e. The first kappa shape index (κ1) is 37.9. The molecule has 316 valence electrons. The van der Waals surface area contributed by atoms with Crippen molar-refractivity contribution in [3.63, 3.8) is 0 Å². The minimum atomic E-state index is -0.124. The van der Waals surface area contributed by atoms with Crippen LogP contribution in [-0.2, 0) is 16.2 Å². The van der Waals surface area contributed by atoms with Gasteiger partial charge in [-0.2, -0.15) is 0 Å². The molecule has 0 atom stereocenters. The monoisotopic (exact) mass is 837 g/mol. The molecule has 65 heavy (non-hydrogen) atoms. The molecule has 15 rings (SSSR count). The number of para-hydroxylation sites is 1. The van der Waals surface area contributed by atoms with Crippen molar-refractivity contribution >= 4 is 17.1 Å². The third-order valence-corrected chi connectivity index (χ3v) is 17.9. The van der Waals surface area contributed by atoms with Gasteiger partial charge in [-0.05, 0) is 176 Å². The SMILES string of the molecule is CC1(C)c2ccccc2-c2ccc(-c3cccc(N(c4ccc5c(c4)C(C)(C)c4ccccc4-5)c4ccccc4-c4cccc5c4-c4ccccc4C54C5CC6CC(C5)CC4C6)c3)cc21. The Hall–Kier alpha value is -6.44. The van der Waals surface area contributed by atoms with Crippen molar-refractivity contribution in [1.82, 2.24) is 0 Å². The fourth-order valence-electron chi connectivity index (χ4n) is 15.3. The van der Waals surface area contributed by atoms with Crippen molar-refractivity contribution < 1.29 is 0 Å². The smallest absolute Gasteiger partial charge is 0.0540 e. The Bertz CT molecular complexity index is 3280. The summed E-state index contributed by atoms with van der Waals surface area (Å²) >= 11 is 0. The number of hydrogen-bond acceptors (Lipinski definition) is 1. The predicted octanol–water partition coefficient (Wildman–Crippen LogP) is 16.8. The molecule has 0 heterocycles. The van der Waals surface area contributed by atoms with Gasteiger partial charge in [0.05, 0.1) is 5.69 Å². The quantitative estimate of drug-likeness (QED) is 0.167. The van der Waals surface area contributed by atoms with Gasteiger partial charge in [0.2, 0.25) is 0 Å². The second kappa shape index (κ2) is 13.3. The van der Waals surface area contributed by atoms with Gasteiger partial charge in [0.25, 0.3) is 0 Å². The molecule has 1 heteroatoms. The van der Waals surface area contributed by atoms with Gasteiger partial charge >= 0.3 is 0 Å². The number of nitrogens with zero attached hydrogens (tertiary/aromatic N) is 1. The summed E-state index contributed by atoms with van der Waals surface area (Å²) in [6, 6.07) is 68.0. The molecule has 0 N–H and O–H groups in total. The first-order valence-electron chi connectivity index (χ1n) is 24.4. The van der Waals surface area contributed by atoms with Gasteiger partial charge in [0.1, 0.15) is 0 Å². The summed E-state index contributed by atoms with van der Waals surface area (Å²) in [5.74, 6) is 3.28. The highest BCUT2D eigenvalue weighted by atomic mass is 15.1. The molecule has 8 aromatic rings. The Morgan fingerprint density at radius 2 is 0.846 bits per heavy atom. The molecule has 4 bridgehead atoms. The zero-order valence-electron chi connectivity index (χ0n) is 38.0. The highest BCUT2D eigenvalue weighted by Gasteiger charge is 2.61. The molecule has 1 spiro atoms. The average molecular weight is 838 g/mol. The van der Waals surface area contributed by atoms with Crippen LogP contribution < -0.4 is 4.90 Å². The van der Waals surface area contributed by atoms with Gasteiger partial charge in [-0.25, -0.2) is 0 Å². The third-order valence-electron chi connectivity index (χ3n) is 17.9. The normalized spacial score (nSPS) is 23.7. The van der Waals surface area contributed by atoms with Crippen molar-refractivity contribution in [2.24, 2.45) is 23.7 Å². The molecule has 4 saturated carbocycles. The number of fused-ring (bicyclic) bond motifs is 9. The summed E-state index contributed by atoms with van der Waals surface area (Å²) in [5, 5.41) is 0. The fraction of sp³-hybridized carbons (Fsp3) is 0.250. The summed E-state index contributed by atoms with van der Waals surface area (Å²) in [7, 11) is 0. The second-order valence-electron chi connectivity index (χ2n) is 21.7. The Morgan fingerprint density at radius 1 is 0.354 bits per heavy atom. The van der Waals surface area contributed by atoms with Gasteiger partial charge < -0.3 is 4.90 Å². The van der Waals surface area contributed by atoms with E-state index in [2.05, 4.69) is 209 Å². The maximum absolute atomic E-state index is 2.57. The third kappa shape index (κ3) is 5.05. The van der Waals surface area contributed by atoms with E-state index >= 15 is 0 Å². The van der Waals surface area contributed by atoms with Gasteiger partial charge in [-0.15, -0.1) is 0 Å². The van der Waals surface area contributed by atoms with Crippen molar-refractivity contribution in [3.05, 3.63) is 209 Å². The van der Waals surface area contributed by atoms with E-state index in [-0.39, 0.29) is 16.2 Å². The molecule has 4 fully saturated rings. The zero-order valence-corrected chi connectivity index (χ0v) is 38.0. The summed E-state index contributed by atoms with van der Waals surface area (Å²) in [5.41, 5.74) is 25.8. The fourth-order valence-corrected chi connectivity index (χ4v) is 15.3. The van der Waals surface area contributed by atoms with Gasteiger partial charge in [0.15, 0.2) is 0 Å². The molecular weight excluding hydrogens is 783 g/mol. The van der Waals surface area contributed by atoms with Crippen LogP contribution in [0.25, 0.3) is 55.6 Å². The van der Waals surface area contributed by atoms with Crippen LogP contribution in [0.15, 0.2) is 176 Å². The topological polar surface area (TPSA) is 3.24 Å². The van der Waals surface area contributed by atoms with E-state index in [0.29, 0.717) is 0 Å². The van der Waals surface area contributed by atoms with E-state index in [9.17, 15) is 0 Å². The zero-order chi connectivity index (χ0) is 43.4. The molecule has 0 aliphatic heterocycles. The molecule has 0 aromatic heterocycles. The van der Waals surface area contributed by atoms with E-state index in [0.717, 1.165) is 29.4 Å². The Balaban J connectivity index is 0.967. The molecule has 0 amide bonds. The highest BCUT2D eigenvalue weighted by molar-refractivity contribution is 5.99. The maximum Gasteiger partial charge on any atom is 0.0540 e. The van der Waals surface area contributed by atoms with E-state index in [1.807, 2.05) is 0 Å². The number of hydrogen-bond donors (Lipinski definition) is 0. The number of rotatable bonds is 5. The maximum atomic E-state index is 2.57. The summed E-state index contributed by atoms with van der Waals surface area (Å²) in [6.45, 7) is 9.57. The molecule has 0 saturated heterocycles. The Morgan fingerprint density at radius 3 is 1.54 bits per heavy atom. The van der Waals surface area contributed by atoms with E-state index in [4.69, 9.17) is 0 Å². The van der Waals surface area contributed by atoms with Crippen LogP contribution in [-0.4, -0.2) is 0 Å². The summed E-state index contributed by atoms with van der Waals surface area (Å²) < 4.78 is 0. The van der Waals surface area contributed by atoms with Crippen molar-refractivity contribution in [3.8, 4) is 55.6 Å². The van der Waals surface area contributed by atoms with E-state index < -0.39 is 0 Å². The molecule has 7 aliphatic rings. The second-order valence-corrected chi connectivity index (χ2v) is 21.7. The number of benzene rings is 8. The lowest BCUT2D eigenvalue weighted by Gasteiger charge is -2.61. The number of anilines is 3. The molecule has 8 aromatic carbocycles. The lowest BCUT2D eigenvalue weighted by molar-refractivity contribution is -0.0399. The Labute approximate surface area is 384 Å². The average Bonchev–Trinajstić information content (AvgIpc) is 3.85.